The number of nitrogens with zero attached hydrogens (tertiary/aromatic N) is 1. The summed E-state index contributed by atoms with van der Waals surface area (Å²) >= 11 is 0. The number of amides is 1. The van der Waals surface area contributed by atoms with Crippen molar-refractivity contribution in [2.24, 2.45) is 0 Å². The topological polar surface area (TPSA) is 92.5 Å². The summed E-state index contributed by atoms with van der Waals surface area (Å²) in [5, 5.41) is 20.5. The number of benzene rings is 2. The average molecular weight is 258 g/mol. The van der Waals surface area contributed by atoms with Gasteiger partial charge in [0.05, 0.1) is 10.3 Å². The minimum atomic E-state index is -0.664. The van der Waals surface area contributed by atoms with Gasteiger partial charge in [-0.15, -0.1) is 0 Å². The molecule has 0 saturated heterocycles. The second kappa shape index (κ2) is 5.28. The highest BCUT2D eigenvalue weighted by molar-refractivity contribution is 5.99. The van der Waals surface area contributed by atoms with E-state index in [-0.39, 0.29) is 5.69 Å². The molecule has 0 fully saturated rings. The van der Waals surface area contributed by atoms with Crippen LogP contribution >= 0.6 is 0 Å². The second-order valence-corrected chi connectivity index (χ2v) is 3.79. The molecule has 0 aliphatic heterocycles. The van der Waals surface area contributed by atoms with Crippen molar-refractivity contribution in [2.45, 2.75) is 0 Å². The zero-order valence-corrected chi connectivity index (χ0v) is 9.74. The predicted octanol–water partition coefficient (Wildman–Crippen LogP) is 2.27. The third kappa shape index (κ3) is 2.58. The van der Waals surface area contributed by atoms with Gasteiger partial charge in [0.15, 0.2) is 0 Å². The van der Waals surface area contributed by atoms with Crippen LogP contribution in [0.15, 0.2) is 42.5 Å². The lowest BCUT2D eigenvalue weighted by atomic mass is 10.0. The van der Waals surface area contributed by atoms with E-state index in [0.717, 1.165) is 6.08 Å². The summed E-state index contributed by atoms with van der Waals surface area (Å²) < 4.78 is 0. The van der Waals surface area contributed by atoms with Gasteiger partial charge in [-0.1, -0.05) is 18.2 Å². The number of rotatable bonds is 3. The molecule has 0 atom stereocenters. The zero-order chi connectivity index (χ0) is 13.8. The van der Waals surface area contributed by atoms with Crippen molar-refractivity contribution in [3.8, 4) is 0 Å². The van der Waals surface area contributed by atoms with E-state index in [0.29, 0.717) is 16.3 Å². The molecule has 0 heterocycles. The number of hydrogen-bond donors (Lipinski definition) is 2. The van der Waals surface area contributed by atoms with Gasteiger partial charge in [-0.05, 0) is 29.2 Å². The van der Waals surface area contributed by atoms with E-state index in [9.17, 15) is 14.9 Å². The molecule has 96 valence electrons. The fourth-order valence-corrected chi connectivity index (χ4v) is 1.81. The minimum Gasteiger partial charge on any atom is -0.288 e. The largest absolute Gasteiger partial charge is 0.288 e. The van der Waals surface area contributed by atoms with Crippen LogP contribution in [0.5, 0.6) is 0 Å². The monoisotopic (exact) mass is 258 g/mol. The van der Waals surface area contributed by atoms with Gasteiger partial charge in [-0.3, -0.25) is 20.1 Å². The van der Waals surface area contributed by atoms with Crippen molar-refractivity contribution < 1.29 is 14.9 Å². The fourth-order valence-electron chi connectivity index (χ4n) is 1.81. The number of hydroxylamine groups is 1. The number of non-ortho nitro benzene ring substituents is 1. The number of nitro groups is 1. The van der Waals surface area contributed by atoms with Crippen molar-refractivity contribution in [3.05, 3.63) is 58.2 Å². The fraction of sp³-hybridized carbons (Fsp3) is 0. The van der Waals surface area contributed by atoms with Crippen LogP contribution in [0.25, 0.3) is 16.8 Å². The van der Waals surface area contributed by atoms with Crippen molar-refractivity contribution in [3.63, 3.8) is 0 Å². The zero-order valence-electron chi connectivity index (χ0n) is 9.74. The molecule has 0 spiro atoms. The maximum absolute atomic E-state index is 10.9. The Labute approximate surface area is 108 Å². The van der Waals surface area contributed by atoms with Crippen LogP contribution in [0, 0.1) is 10.1 Å². The standard InChI is InChI=1S/C13H10N2O4/c16-13(14-17)8-6-9-5-7-12(15(18)19)11-4-2-1-3-10(9)11/h1-8,17H,(H,14,16)/b8-6+. The molecule has 0 aliphatic rings. The molecule has 2 rings (SSSR count). The maximum atomic E-state index is 10.9. The molecule has 1 amide bonds. The van der Waals surface area contributed by atoms with E-state index >= 15 is 0 Å². The molecule has 0 unspecified atom stereocenters. The van der Waals surface area contributed by atoms with Gasteiger partial charge < -0.3 is 0 Å². The number of hydrogen-bond acceptors (Lipinski definition) is 4. The first-order valence-electron chi connectivity index (χ1n) is 5.42. The first-order chi connectivity index (χ1) is 9.13. The van der Waals surface area contributed by atoms with Crippen LogP contribution in [0.1, 0.15) is 5.56 Å². The van der Waals surface area contributed by atoms with Crippen LogP contribution in [-0.4, -0.2) is 16.0 Å². The lowest BCUT2D eigenvalue weighted by molar-refractivity contribution is -0.383. The second-order valence-electron chi connectivity index (χ2n) is 3.79. The van der Waals surface area contributed by atoms with Gasteiger partial charge in [0.2, 0.25) is 0 Å². The van der Waals surface area contributed by atoms with Gasteiger partial charge >= 0.3 is 0 Å². The molecule has 0 aromatic heterocycles. The highest BCUT2D eigenvalue weighted by Crippen LogP contribution is 2.28. The Kier molecular flexibility index (Phi) is 3.53. The molecular weight excluding hydrogens is 248 g/mol. The highest BCUT2D eigenvalue weighted by atomic mass is 16.6. The molecule has 6 nitrogen and oxygen atoms in total. The van der Waals surface area contributed by atoms with Gasteiger partial charge in [-0.25, -0.2) is 5.48 Å². The van der Waals surface area contributed by atoms with E-state index in [2.05, 4.69) is 0 Å². The van der Waals surface area contributed by atoms with Crippen LogP contribution in [0.2, 0.25) is 0 Å². The Morgan fingerprint density at radius 3 is 2.53 bits per heavy atom. The van der Waals surface area contributed by atoms with Crippen LogP contribution < -0.4 is 5.48 Å². The third-order valence-corrected chi connectivity index (χ3v) is 2.66. The summed E-state index contributed by atoms with van der Waals surface area (Å²) in [6, 6.07) is 9.80. The summed E-state index contributed by atoms with van der Waals surface area (Å²) in [4.78, 5) is 21.4. The Bertz CT molecular complexity index is 679. The predicted molar refractivity (Wildman–Crippen MR) is 69.6 cm³/mol. The Hall–Kier alpha value is -2.73. The number of fused-ring (bicyclic) bond motifs is 1. The van der Waals surface area contributed by atoms with Gasteiger partial charge in [0.1, 0.15) is 0 Å². The van der Waals surface area contributed by atoms with Crippen LogP contribution in [0.3, 0.4) is 0 Å². The van der Waals surface area contributed by atoms with E-state index in [1.165, 1.54) is 17.6 Å². The number of nitrogens with one attached hydrogen (secondary N) is 1. The molecule has 2 aromatic rings. The van der Waals surface area contributed by atoms with Crippen molar-refractivity contribution in [1.82, 2.24) is 5.48 Å². The summed E-state index contributed by atoms with van der Waals surface area (Å²) in [5.41, 5.74) is 2.15. The van der Waals surface area contributed by atoms with E-state index in [4.69, 9.17) is 5.21 Å². The first-order valence-corrected chi connectivity index (χ1v) is 5.42. The molecule has 0 bridgehead atoms. The highest BCUT2D eigenvalue weighted by Gasteiger charge is 2.12. The Morgan fingerprint density at radius 1 is 1.21 bits per heavy atom. The molecule has 0 aliphatic carbocycles. The smallest absolute Gasteiger partial charge is 0.277 e. The van der Waals surface area contributed by atoms with Crippen molar-refractivity contribution in [2.75, 3.05) is 0 Å². The molecule has 0 radical (unpaired) electrons. The third-order valence-electron chi connectivity index (χ3n) is 2.66. The SMILES string of the molecule is O=C(/C=C/c1ccc([N+](=O)[O-])c2ccccc12)NO. The molecular formula is C13H10N2O4. The number of carbonyl (C=O) groups is 1. The number of nitro benzene ring substituents is 1. The lowest BCUT2D eigenvalue weighted by Gasteiger charge is -2.03. The van der Waals surface area contributed by atoms with Gasteiger partial charge in [0, 0.05) is 12.1 Å². The van der Waals surface area contributed by atoms with E-state index in [1.807, 2.05) is 0 Å². The average Bonchev–Trinajstić information content (AvgIpc) is 2.43. The number of carbonyl (C=O) groups excluding carboxylic acids is 1. The van der Waals surface area contributed by atoms with E-state index in [1.54, 1.807) is 30.3 Å². The summed E-state index contributed by atoms with van der Waals surface area (Å²) in [5.74, 6) is -0.664. The summed E-state index contributed by atoms with van der Waals surface area (Å²) in [7, 11) is 0. The van der Waals surface area contributed by atoms with Crippen molar-refractivity contribution in [1.29, 1.82) is 0 Å². The lowest BCUT2D eigenvalue weighted by Crippen LogP contribution is -2.14. The van der Waals surface area contributed by atoms with Gasteiger partial charge in [-0.2, -0.15) is 0 Å². The van der Waals surface area contributed by atoms with Gasteiger partial charge in [0.25, 0.3) is 11.6 Å². The van der Waals surface area contributed by atoms with E-state index < -0.39 is 10.8 Å². The maximum Gasteiger partial charge on any atom is 0.277 e. The first kappa shape index (κ1) is 12.7. The van der Waals surface area contributed by atoms with Crippen molar-refractivity contribution >= 4 is 28.4 Å². The summed E-state index contributed by atoms with van der Waals surface area (Å²) in [6.45, 7) is 0. The molecule has 19 heavy (non-hydrogen) atoms. The summed E-state index contributed by atoms with van der Waals surface area (Å²) in [6.07, 6.45) is 2.63. The molecule has 0 saturated carbocycles. The molecule has 2 N–H and O–H groups in total. The quantitative estimate of drug-likeness (QED) is 0.382. The van der Waals surface area contributed by atoms with Crippen LogP contribution in [-0.2, 0) is 4.79 Å². The molecule has 2 aromatic carbocycles. The minimum absolute atomic E-state index is 0.0133. The Morgan fingerprint density at radius 2 is 1.89 bits per heavy atom. The Balaban J connectivity index is 2.59. The normalized spacial score (nSPS) is 10.8. The van der Waals surface area contributed by atoms with Crippen LogP contribution in [0.4, 0.5) is 5.69 Å². The molecule has 6 heteroatoms.